The van der Waals surface area contributed by atoms with Gasteiger partial charge in [0.05, 0.1) is 52.9 Å². The van der Waals surface area contributed by atoms with E-state index in [2.05, 4.69) is 41.2 Å². The molecule has 53 heavy (non-hydrogen) atoms. The number of nitrogens with one attached hydrogen (secondary N) is 4. The highest BCUT2D eigenvalue weighted by atomic mass is 16.5. The first-order chi connectivity index (χ1) is 26.0. The van der Waals surface area contributed by atoms with Crippen LogP contribution in [0, 0.1) is 0 Å². The van der Waals surface area contributed by atoms with Gasteiger partial charge < -0.3 is 45.1 Å². The predicted octanol–water partition coefficient (Wildman–Crippen LogP) is 4.33. The number of anilines is 4. The second-order valence-electron chi connectivity index (χ2n) is 12.1. The van der Waals surface area contributed by atoms with Crippen molar-refractivity contribution in [3.63, 3.8) is 0 Å². The molecule has 2 aromatic carbocycles. The molecule has 17 heteroatoms. The zero-order valence-electron chi connectivity index (χ0n) is 30.4. The van der Waals surface area contributed by atoms with Gasteiger partial charge in [0.1, 0.15) is 0 Å². The molecule has 1 aromatic heterocycles. The average molecular weight is 734 g/mol. The Morgan fingerprint density at radius 3 is 1.92 bits per heavy atom. The Labute approximate surface area is 310 Å². The number of hydrogen-bond acceptors (Lipinski definition) is 13. The van der Waals surface area contributed by atoms with E-state index in [4.69, 9.17) is 34.4 Å². The highest BCUT2D eigenvalue weighted by Crippen LogP contribution is 2.26. The summed E-state index contributed by atoms with van der Waals surface area (Å²) in [5.41, 5.74) is 10.1. The molecular formula is C36H51N11O6. The number of hydrogen-bond donors (Lipinski definition) is 4. The van der Waals surface area contributed by atoms with E-state index in [1.54, 1.807) is 36.4 Å². The summed E-state index contributed by atoms with van der Waals surface area (Å²) in [4.78, 5) is 43.5. The normalized spacial score (nSPS) is 12.8. The van der Waals surface area contributed by atoms with Gasteiger partial charge in [0.25, 0.3) is 11.8 Å². The van der Waals surface area contributed by atoms with Gasteiger partial charge in [-0.2, -0.15) is 15.0 Å². The average Bonchev–Trinajstić information content (AvgIpc) is 3.19. The standard InChI is InChI=1S/C36H51N11O6/c1-47(31-10-6-3-7-11-31)36-44-34(40-18-22-52-25-24-50-20-16-38-32(48)28-8-4-2-5-9-28)43-35(45-36)42-30-14-12-29(13-15-30)33(49)39-17-21-51-26-27-53-23-19-41-46-37/h2,4-5,8-9,12-15,31H,3,6-7,10-11,16-27H2,1H3,(H,38,48)(H,39,49)(H2,40,42,43,44,45). The fourth-order valence-corrected chi connectivity index (χ4v) is 5.42. The van der Waals surface area contributed by atoms with Crippen LogP contribution in [0.1, 0.15) is 52.8 Å². The van der Waals surface area contributed by atoms with Gasteiger partial charge in [-0.15, -0.1) is 0 Å². The molecule has 1 heterocycles. The zero-order chi connectivity index (χ0) is 37.4. The lowest BCUT2D eigenvalue weighted by atomic mass is 9.95. The summed E-state index contributed by atoms with van der Waals surface area (Å²) in [6, 6.07) is 16.5. The largest absolute Gasteiger partial charge is 0.379 e. The van der Waals surface area contributed by atoms with Crippen LogP contribution >= 0.6 is 0 Å². The molecule has 4 rings (SSSR count). The second-order valence-corrected chi connectivity index (χ2v) is 12.1. The Balaban J connectivity index is 1.19. The van der Waals surface area contributed by atoms with Gasteiger partial charge in [0.2, 0.25) is 17.8 Å². The minimum atomic E-state index is -0.213. The number of carbonyl (C=O) groups excluding carboxylic acids is 2. The molecule has 17 nitrogen and oxygen atoms in total. The molecule has 3 aromatic rings. The van der Waals surface area contributed by atoms with Crippen molar-refractivity contribution in [2.45, 2.75) is 38.1 Å². The fraction of sp³-hybridized carbons (Fsp3) is 0.528. The Kier molecular flexibility index (Phi) is 18.6. The molecule has 1 aliphatic carbocycles. The first-order valence-electron chi connectivity index (χ1n) is 18.1. The molecule has 0 atom stereocenters. The van der Waals surface area contributed by atoms with Gasteiger partial charge in [0, 0.05) is 61.0 Å². The van der Waals surface area contributed by atoms with E-state index >= 15 is 0 Å². The first kappa shape index (κ1) is 40.7. The Morgan fingerprint density at radius 2 is 1.30 bits per heavy atom. The number of azide groups is 1. The summed E-state index contributed by atoms with van der Waals surface area (Å²) in [6.07, 6.45) is 5.79. The lowest BCUT2D eigenvalue weighted by Crippen LogP contribution is -2.35. The molecular weight excluding hydrogens is 682 g/mol. The van der Waals surface area contributed by atoms with Crippen molar-refractivity contribution < 1.29 is 28.5 Å². The minimum Gasteiger partial charge on any atom is -0.379 e. The van der Waals surface area contributed by atoms with Gasteiger partial charge in [0.15, 0.2) is 0 Å². The molecule has 2 amide bonds. The van der Waals surface area contributed by atoms with Crippen LogP contribution in [0.5, 0.6) is 0 Å². The van der Waals surface area contributed by atoms with Crippen molar-refractivity contribution in [3.8, 4) is 0 Å². The second kappa shape index (κ2) is 24.2. The number of aromatic nitrogens is 3. The molecule has 1 saturated carbocycles. The molecule has 1 fully saturated rings. The third-order valence-electron chi connectivity index (χ3n) is 8.24. The molecule has 4 N–H and O–H groups in total. The summed E-state index contributed by atoms with van der Waals surface area (Å²) < 4.78 is 22.0. The van der Waals surface area contributed by atoms with Gasteiger partial charge in [-0.3, -0.25) is 9.59 Å². The van der Waals surface area contributed by atoms with Gasteiger partial charge in [-0.25, -0.2) is 0 Å². The van der Waals surface area contributed by atoms with Crippen molar-refractivity contribution in [1.29, 1.82) is 0 Å². The number of nitrogens with zero attached hydrogens (tertiary/aromatic N) is 7. The van der Waals surface area contributed by atoms with E-state index in [9.17, 15) is 9.59 Å². The molecule has 0 saturated heterocycles. The number of rotatable bonds is 25. The smallest absolute Gasteiger partial charge is 0.251 e. The number of amides is 2. The minimum absolute atomic E-state index is 0.126. The van der Waals surface area contributed by atoms with E-state index in [0.29, 0.717) is 108 Å². The highest BCUT2D eigenvalue weighted by Gasteiger charge is 2.21. The Bertz CT molecular complexity index is 1560. The molecule has 286 valence electrons. The summed E-state index contributed by atoms with van der Waals surface area (Å²) in [7, 11) is 2.02. The van der Waals surface area contributed by atoms with E-state index in [0.717, 1.165) is 18.5 Å². The maximum absolute atomic E-state index is 12.6. The lowest BCUT2D eigenvalue weighted by Gasteiger charge is -2.31. The Hall–Kier alpha value is -5.06. The fourth-order valence-electron chi connectivity index (χ4n) is 5.42. The number of benzene rings is 2. The molecule has 0 spiro atoms. The van der Waals surface area contributed by atoms with Crippen LogP contribution in [0.15, 0.2) is 59.7 Å². The van der Waals surface area contributed by atoms with Gasteiger partial charge in [-0.05, 0) is 54.8 Å². The van der Waals surface area contributed by atoms with E-state index < -0.39 is 0 Å². The van der Waals surface area contributed by atoms with Crippen molar-refractivity contribution in [1.82, 2.24) is 25.6 Å². The molecule has 1 aliphatic rings. The zero-order valence-corrected chi connectivity index (χ0v) is 30.4. The van der Waals surface area contributed by atoms with Crippen molar-refractivity contribution in [2.24, 2.45) is 5.11 Å². The SMILES string of the molecule is CN(c1nc(NCCOCCOCCNC(=O)c2ccccc2)nc(Nc2ccc(C(=O)NCCOCCOCCN=[N+]=[N-])cc2)n1)C1CCCCC1. The quantitative estimate of drug-likeness (QED) is 0.0415. The Morgan fingerprint density at radius 1 is 0.736 bits per heavy atom. The van der Waals surface area contributed by atoms with Crippen LogP contribution in [-0.2, 0) is 18.9 Å². The van der Waals surface area contributed by atoms with Crippen LogP contribution in [0.3, 0.4) is 0 Å². The molecule has 0 aliphatic heterocycles. The van der Waals surface area contributed by atoms with Crippen molar-refractivity contribution in [3.05, 3.63) is 76.2 Å². The number of ether oxygens (including phenoxy) is 4. The molecule has 0 unspecified atom stereocenters. The lowest BCUT2D eigenvalue weighted by molar-refractivity contribution is 0.0511. The van der Waals surface area contributed by atoms with Crippen LogP contribution in [0.4, 0.5) is 23.5 Å². The third-order valence-corrected chi connectivity index (χ3v) is 8.24. The van der Waals surface area contributed by atoms with E-state index in [1.165, 1.54) is 19.3 Å². The number of carbonyl (C=O) groups is 2. The molecule has 0 radical (unpaired) electrons. The van der Waals surface area contributed by atoms with Crippen molar-refractivity contribution in [2.75, 3.05) is 102 Å². The van der Waals surface area contributed by atoms with Crippen LogP contribution in [0.2, 0.25) is 0 Å². The van der Waals surface area contributed by atoms with E-state index in [-0.39, 0.29) is 18.4 Å². The third kappa shape index (κ3) is 15.6. The maximum Gasteiger partial charge on any atom is 0.251 e. The maximum atomic E-state index is 12.6. The predicted molar refractivity (Wildman–Crippen MR) is 202 cm³/mol. The van der Waals surface area contributed by atoms with Crippen molar-refractivity contribution >= 4 is 35.3 Å². The summed E-state index contributed by atoms with van der Waals surface area (Å²) >= 11 is 0. The van der Waals surface area contributed by atoms with Crippen LogP contribution in [0.25, 0.3) is 10.4 Å². The van der Waals surface area contributed by atoms with Crippen LogP contribution in [-0.4, -0.2) is 119 Å². The molecule has 0 bridgehead atoms. The van der Waals surface area contributed by atoms with Gasteiger partial charge >= 0.3 is 0 Å². The van der Waals surface area contributed by atoms with Crippen LogP contribution < -0.4 is 26.2 Å². The summed E-state index contributed by atoms with van der Waals surface area (Å²) in [6.45, 7) is 4.60. The summed E-state index contributed by atoms with van der Waals surface area (Å²) in [5, 5.41) is 15.6. The summed E-state index contributed by atoms with van der Waals surface area (Å²) in [5.74, 6) is 1.04. The first-order valence-corrected chi connectivity index (χ1v) is 18.1. The monoisotopic (exact) mass is 733 g/mol. The van der Waals surface area contributed by atoms with Gasteiger partial charge in [-0.1, -0.05) is 42.6 Å². The highest BCUT2D eigenvalue weighted by molar-refractivity contribution is 5.94. The van der Waals surface area contributed by atoms with E-state index in [1.807, 2.05) is 25.2 Å². The topological polar surface area (TPSA) is 210 Å².